The van der Waals surface area contributed by atoms with E-state index in [1.54, 1.807) is 0 Å². The zero-order valence-electron chi connectivity index (χ0n) is 9.36. The van der Waals surface area contributed by atoms with Gasteiger partial charge < -0.3 is 4.79 Å². The molecular weight excluding hydrogens is 186 g/mol. The van der Waals surface area contributed by atoms with Crippen molar-refractivity contribution >= 4 is 6.29 Å². The summed E-state index contributed by atoms with van der Waals surface area (Å²) in [5.74, 6) is 0. The molecule has 0 radical (unpaired) electrons. The molecule has 1 aromatic rings. The Morgan fingerprint density at radius 3 is 2.73 bits per heavy atom. The molecule has 2 rings (SSSR count). The van der Waals surface area contributed by atoms with Gasteiger partial charge in [0.15, 0.2) is 0 Å². The van der Waals surface area contributed by atoms with Crippen molar-refractivity contribution in [3.63, 3.8) is 0 Å². The largest absolute Gasteiger partial charge is 0.301 e. The fourth-order valence-electron chi connectivity index (χ4n) is 2.54. The minimum atomic E-state index is -0.394. The summed E-state index contributed by atoms with van der Waals surface area (Å²) in [5.41, 5.74) is 2.12. The summed E-state index contributed by atoms with van der Waals surface area (Å²) >= 11 is 0. The molecule has 0 spiro atoms. The lowest BCUT2D eigenvalue weighted by atomic mass is 9.76. The molecule has 1 unspecified atom stereocenters. The van der Waals surface area contributed by atoms with Crippen LogP contribution in [0.3, 0.4) is 0 Å². The van der Waals surface area contributed by atoms with Crippen LogP contribution in [0.5, 0.6) is 0 Å². The summed E-state index contributed by atoms with van der Waals surface area (Å²) in [6, 6.07) is 8.29. The molecule has 15 heavy (non-hydrogen) atoms. The fraction of sp³-hybridized carbons (Fsp3) is 0.462. The van der Waals surface area contributed by atoms with E-state index >= 15 is 0 Å². The van der Waals surface area contributed by atoms with Gasteiger partial charge in [-0.2, -0.15) is 0 Å². The summed E-state index contributed by atoms with van der Waals surface area (Å²) in [5, 5.41) is 0. The molecule has 1 aliphatic rings. The highest BCUT2D eigenvalue weighted by Crippen LogP contribution is 2.37. The molecule has 1 aromatic carbocycles. The van der Waals surface area contributed by atoms with Gasteiger partial charge in [-0.05, 0) is 44.5 Å². The predicted octanol–water partition coefficient (Wildman–Crippen LogP) is 1.98. The minimum Gasteiger partial charge on any atom is -0.301 e. The van der Waals surface area contributed by atoms with Crippen LogP contribution >= 0.6 is 0 Å². The number of hydrogen-bond acceptors (Lipinski definition) is 2. The van der Waals surface area contributed by atoms with Crippen LogP contribution in [0.1, 0.15) is 24.0 Å². The van der Waals surface area contributed by atoms with Crippen LogP contribution < -0.4 is 0 Å². The Labute approximate surface area is 90.9 Å². The third kappa shape index (κ3) is 1.49. The Balaban J connectivity index is 2.57. The van der Waals surface area contributed by atoms with Crippen molar-refractivity contribution in [2.75, 3.05) is 14.1 Å². The molecular formula is C13H17NO. The van der Waals surface area contributed by atoms with Crippen molar-refractivity contribution in [2.45, 2.75) is 24.8 Å². The van der Waals surface area contributed by atoms with Gasteiger partial charge in [0.2, 0.25) is 0 Å². The van der Waals surface area contributed by atoms with Crippen LogP contribution in [0.2, 0.25) is 0 Å². The smallest absolute Gasteiger partial charge is 0.144 e. The summed E-state index contributed by atoms with van der Waals surface area (Å²) in [6.07, 6.45) is 4.22. The Morgan fingerprint density at radius 1 is 1.33 bits per heavy atom. The first-order valence-corrected chi connectivity index (χ1v) is 5.43. The number of aryl methyl sites for hydroxylation is 1. The number of rotatable bonds is 2. The van der Waals surface area contributed by atoms with Crippen molar-refractivity contribution in [1.82, 2.24) is 4.90 Å². The Morgan fingerprint density at radius 2 is 2.07 bits per heavy atom. The number of benzene rings is 1. The first-order valence-electron chi connectivity index (χ1n) is 5.43. The molecule has 1 aliphatic carbocycles. The van der Waals surface area contributed by atoms with Crippen LogP contribution in [0, 0.1) is 0 Å². The van der Waals surface area contributed by atoms with E-state index in [1.165, 1.54) is 11.1 Å². The summed E-state index contributed by atoms with van der Waals surface area (Å²) < 4.78 is 0. The lowest BCUT2D eigenvalue weighted by Gasteiger charge is -2.39. The van der Waals surface area contributed by atoms with E-state index in [-0.39, 0.29) is 0 Å². The number of carbonyl (C=O) groups excluding carboxylic acids is 1. The average molecular weight is 203 g/mol. The molecule has 0 fully saturated rings. The number of carbonyl (C=O) groups is 1. The molecule has 0 heterocycles. The summed E-state index contributed by atoms with van der Waals surface area (Å²) in [7, 11) is 3.97. The first kappa shape index (κ1) is 10.4. The zero-order valence-corrected chi connectivity index (χ0v) is 9.36. The van der Waals surface area contributed by atoms with Crippen LogP contribution in [0.15, 0.2) is 24.3 Å². The van der Waals surface area contributed by atoms with Gasteiger partial charge >= 0.3 is 0 Å². The van der Waals surface area contributed by atoms with Crippen molar-refractivity contribution in [1.29, 1.82) is 0 Å². The third-order valence-electron chi connectivity index (χ3n) is 3.48. The van der Waals surface area contributed by atoms with Gasteiger partial charge in [0, 0.05) is 0 Å². The highest BCUT2D eigenvalue weighted by atomic mass is 16.1. The highest BCUT2D eigenvalue weighted by molar-refractivity contribution is 5.69. The monoisotopic (exact) mass is 203 g/mol. The number of hydrogen-bond donors (Lipinski definition) is 0. The van der Waals surface area contributed by atoms with Crippen LogP contribution in [-0.4, -0.2) is 25.3 Å². The molecule has 0 saturated heterocycles. The second-order valence-electron chi connectivity index (χ2n) is 4.45. The second kappa shape index (κ2) is 3.78. The Hall–Kier alpha value is -1.15. The van der Waals surface area contributed by atoms with E-state index in [4.69, 9.17) is 0 Å². The SMILES string of the molecule is CN(C)C1(C=O)CCCc2ccccc21. The average Bonchev–Trinajstić information content (AvgIpc) is 2.28. The highest BCUT2D eigenvalue weighted by Gasteiger charge is 2.38. The van der Waals surface area contributed by atoms with E-state index in [2.05, 4.69) is 18.2 Å². The third-order valence-corrected chi connectivity index (χ3v) is 3.48. The molecule has 2 nitrogen and oxygen atoms in total. The molecule has 0 aliphatic heterocycles. The topological polar surface area (TPSA) is 20.3 Å². The van der Waals surface area contributed by atoms with E-state index in [9.17, 15) is 4.79 Å². The van der Waals surface area contributed by atoms with Crippen LogP contribution in [0.4, 0.5) is 0 Å². The molecule has 0 N–H and O–H groups in total. The van der Waals surface area contributed by atoms with Gasteiger partial charge in [-0.3, -0.25) is 4.90 Å². The maximum atomic E-state index is 11.4. The number of likely N-dealkylation sites (N-methyl/N-ethyl adjacent to an activating group) is 1. The maximum absolute atomic E-state index is 11.4. The molecule has 0 saturated carbocycles. The van der Waals surface area contributed by atoms with Gasteiger partial charge in [0.05, 0.1) is 0 Å². The van der Waals surface area contributed by atoms with Crippen molar-refractivity contribution in [3.05, 3.63) is 35.4 Å². The Bertz CT molecular complexity index is 373. The van der Waals surface area contributed by atoms with Gasteiger partial charge in [-0.15, -0.1) is 0 Å². The zero-order chi connectivity index (χ0) is 10.9. The lowest BCUT2D eigenvalue weighted by molar-refractivity contribution is -0.118. The van der Waals surface area contributed by atoms with Crippen molar-refractivity contribution in [3.8, 4) is 0 Å². The van der Waals surface area contributed by atoms with E-state index in [0.717, 1.165) is 25.5 Å². The normalized spacial score (nSPS) is 25.0. The Kier molecular flexibility index (Phi) is 2.61. The maximum Gasteiger partial charge on any atom is 0.144 e. The van der Waals surface area contributed by atoms with Gasteiger partial charge in [-0.1, -0.05) is 24.3 Å². The molecule has 80 valence electrons. The van der Waals surface area contributed by atoms with E-state index in [1.807, 2.05) is 25.1 Å². The molecule has 0 aromatic heterocycles. The van der Waals surface area contributed by atoms with Crippen LogP contribution in [0.25, 0.3) is 0 Å². The quantitative estimate of drug-likeness (QED) is 0.685. The summed E-state index contributed by atoms with van der Waals surface area (Å²) in [4.78, 5) is 13.5. The van der Waals surface area contributed by atoms with E-state index < -0.39 is 5.54 Å². The van der Waals surface area contributed by atoms with Crippen molar-refractivity contribution in [2.24, 2.45) is 0 Å². The number of nitrogens with zero attached hydrogens (tertiary/aromatic N) is 1. The first-order chi connectivity index (χ1) is 7.20. The van der Waals surface area contributed by atoms with Gasteiger partial charge in [0.25, 0.3) is 0 Å². The second-order valence-corrected chi connectivity index (χ2v) is 4.45. The molecule has 2 heteroatoms. The lowest BCUT2D eigenvalue weighted by Crippen LogP contribution is -2.45. The van der Waals surface area contributed by atoms with Gasteiger partial charge in [0.1, 0.15) is 11.8 Å². The van der Waals surface area contributed by atoms with Crippen molar-refractivity contribution < 1.29 is 4.79 Å². The standard InChI is InChI=1S/C13H17NO/c1-14(2)13(10-15)9-5-7-11-6-3-4-8-12(11)13/h3-4,6,8,10H,5,7,9H2,1-2H3. The molecule has 0 amide bonds. The molecule has 1 atom stereocenters. The molecule has 0 bridgehead atoms. The summed E-state index contributed by atoms with van der Waals surface area (Å²) in [6.45, 7) is 0. The predicted molar refractivity (Wildman–Crippen MR) is 60.8 cm³/mol. The van der Waals surface area contributed by atoms with E-state index in [0.29, 0.717) is 0 Å². The number of aldehydes is 1. The minimum absolute atomic E-state index is 0.394. The van der Waals surface area contributed by atoms with Crippen LogP contribution in [-0.2, 0) is 16.8 Å². The van der Waals surface area contributed by atoms with Gasteiger partial charge in [-0.25, -0.2) is 0 Å². The fourth-order valence-corrected chi connectivity index (χ4v) is 2.54. The number of fused-ring (bicyclic) bond motifs is 1.